The smallest absolute Gasteiger partial charge is 0.452 e. The van der Waals surface area contributed by atoms with E-state index in [1.807, 2.05) is 0 Å². The quantitative estimate of drug-likeness (QED) is 0.571. The van der Waals surface area contributed by atoms with E-state index in [2.05, 4.69) is 4.74 Å². The summed E-state index contributed by atoms with van der Waals surface area (Å²) in [7, 11) is 1.90. The van der Waals surface area contributed by atoms with Crippen LogP contribution in [-0.2, 0) is 9.53 Å². The molecule has 0 saturated carbocycles. The average Bonchev–Trinajstić information content (AvgIpc) is 2.01. The van der Waals surface area contributed by atoms with Crippen molar-refractivity contribution in [1.82, 2.24) is 10.4 Å². The summed E-state index contributed by atoms with van der Waals surface area (Å²) in [6.07, 6.45) is -6.12. The average molecular weight is 200 g/mol. The van der Waals surface area contributed by atoms with Crippen molar-refractivity contribution in [2.24, 2.45) is 0 Å². The number of rotatable bonds is 0. The minimum absolute atomic E-state index is 0.288. The third kappa shape index (κ3) is 3.63. The molecule has 0 unspecified atom stereocenters. The highest BCUT2D eigenvalue weighted by Crippen LogP contribution is 2.14. The first-order chi connectivity index (χ1) is 5.79. The van der Waals surface area contributed by atoms with Gasteiger partial charge in [-0.15, -0.1) is 0 Å². The molecule has 0 saturated heterocycles. The molecule has 0 fully saturated rings. The van der Waals surface area contributed by atoms with Gasteiger partial charge in [-0.3, -0.25) is 10.2 Å². The molecule has 0 bridgehead atoms. The number of ether oxygens (including phenoxy) is 1. The largest absolute Gasteiger partial charge is 0.472 e. The lowest BCUT2D eigenvalue weighted by atomic mass is 10.6. The van der Waals surface area contributed by atoms with E-state index in [1.165, 1.54) is 5.43 Å². The Balaban J connectivity index is 4.15. The van der Waals surface area contributed by atoms with Gasteiger partial charge in [0.2, 0.25) is 0 Å². The number of nitrogens with one attached hydrogen (secondary N) is 1. The predicted octanol–water partition coefficient (Wildman–Crippen LogP) is 0.278. The zero-order valence-electron chi connectivity index (χ0n) is 6.81. The molecule has 0 radical (unpaired) electrons. The fourth-order valence-electron chi connectivity index (χ4n) is 0.398. The van der Waals surface area contributed by atoms with Crippen molar-refractivity contribution in [3.05, 3.63) is 0 Å². The minimum Gasteiger partial charge on any atom is -0.452 e. The van der Waals surface area contributed by atoms with Crippen molar-refractivity contribution in [2.75, 3.05) is 14.2 Å². The summed E-state index contributed by atoms with van der Waals surface area (Å²) in [4.78, 5) is 20.7. The third-order valence-corrected chi connectivity index (χ3v) is 0.975. The summed E-state index contributed by atoms with van der Waals surface area (Å²) >= 11 is 0. The molecule has 13 heavy (non-hydrogen) atoms. The van der Waals surface area contributed by atoms with Crippen molar-refractivity contribution in [3.63, 3.8) is 0 Å². The molecule has 0 aliphatic rings. The van der Waals surface area contributed by atoms with Crippen LogP contribution in [0.25, 0.3) is 0 Å². The van der Waals surface area contributed by atoms with E-state index in [0.717, 1.165) is 14.2 Å². The molecule has 2 amide bonds. The maximum absolute atomic E-state index is 11.6. The van der Waals surface area contributed by atoms with Crippen LogP contribution in [0.5, 0.6) is 0 Å². The zero-order valence-corrected chi connectivity index (χ0v) is 6.81. The third-order valence-electron chi connectivity index (χ3n) is 0.975. The van der Waals surface area contributed by atoms with Gasteiger partial charge in [0.25, 0.3) is 0 Å². The Morgan fingerprint density at radius 2 is 1.85 bits per heavy atom. The molecule has 1 N–H and O–H groups in total. The molecule has 0 aromatic carbocycles. The zero-order chi connectivity index (χ0) is 10.6. The normalized spacial score (nSPS) is 10.5. The Bertz CT molecular complexity index is 216. The van der Waals surface area contributed by atoms with E-state index in [9.17, 15) is 22.8 Å². The number of carbonyl (C=O) groups is 2. The van der Waals surface area contributed by atoms with Gasteiger partial charge in [0.05, 0.1) is 7.11 Å². The summed E-state index contributed by atoms with van der Waals surface area (Å²) in [6.45, 7) is 0. The van der Waals surface area contributed by atoms with E-state index >= 15 is 0 Å². The highest BCUT2D eigenvalue weighted by molar-refractivity contribution is 5.83. The van der Waals surface area contributed by atoms with Crippen LogP contribution in [0, 0.1) is 0 Å². The number of alkyl halides is 3. The molecule has 0 spiro atoms. The van der Waals surface area contributed by atoms with Gasteiger partial charge in [0.15, 0.2) is 0 Å². The maximum Gasteiger partial charge on any atom is 0.472 e. The standard InChI is InChI=1S/C5H7F3N2O3/c1-10(4(12)13-2)9-3(11)5(6,7)8/h1-2H3,(H,9,11). The number of halogens is 3. The minimum atomic E-state index is -5.03. The van der Waals surface area contributed by atoms with Gasteiger partial charge >= 0.3 is 18.2 Å². The second-order valence-electron chi connectivity index (χ2n) is 1.97. The van der Waals surface area contributed by atoms with Gasteiger partial charge in [-0.1, -0.05) is 0 Å². The van der Waals surface area contributed by atoms with Gasteiger partial charge in [-0.25, -0.2) is 9.80 Å². The van der Waals surface area contributed by atoms with E-state index in [-0.39, 0.29) is 5.01 Å². The first-order valence-electron chi connectivity index (χ1n) is 2.98. The fourth-order valence-corrected chi connectivity index (χ4v) is 0.398. The first kappa shape index (κ1) is 11.5. The number of carbonyl (C=O) groups excluding carboxylic acids is 2. The van der Waals surface area contributed by atoms with E-state index in [0.29, 0.717) is 0 Å². The topological polar surface area (TPSA) is 58.6 Å². The Labute approximate surface area is 71.4 Å². The van der Waals surface area contributed by atoms with Crippen molar-refractivity contribution >= 4 is 12.0 Å². The summed E-state index contributed by atoms with van der Waals surface area (Å²) in [5.41, 5.74) is 1.27. The predicted molar refractivity (Wildman–Crippen MR) is 34.4 cm³/mol. The van der Waals surface area contributed by atoms with Gasteiger partial charge < -0.3 is 4.74 Å². The van der Waals surface area contributed by atoms with Gasteiger partial charge in [0, 0.05) is 7.05 Å². The van der Waals surface area contributed by atoms with Crippen LogP contribution in [0.4, 0.5) is 18.0 Å². The Morgan fingerprint density at radius 3 is 2.15 bits per heavy atom. The van der Waals surface area contributed by atoms with Crippen molar-refractivity contribution in [2.45, 2.75) is 6.18 Å². The van der Waals surface area contributed by atoms with E-state index in [4.69, 9.17) is 0 Å². The van der Waals surface area contributed by atoms with E-state index < -0.39 is 18.2 Å². The molecule has 0 rings (SSSR count). The Morgan fingerprint density at radius 1 is 1.38 bits per heavy atom. The van der Waals surface area contributed by atoms with Crippen molar-refractivity contribution in [3.8, 4) is 0 Å². The molecule has 0 aromatic rings. The molecule has 5 nitrogen and oxygen atoms in total. The molecule has 0 heterocycles. The molecule has 0 aliphatic heterocycles. The highest BCUT2D eigenvalue weighted by Gasteiger charge is 2.39. The molecule has 8 heteroatoms. The second kappa shape index (κ2) is 3.97. The lowest BCUT2D eigenvalue weighted by molar-refractivity contribution is -0.177. The first-order valence-corrected chi connectivity index (χ1v) is 2.98. The maximum atomic E-state index is 11.6. The van der Waals surface area contributed by atoms with Crippen LogP contribution in [-0.4, -0.2) is 37.3 Å². The number of nitrogens with zero attached hydrogens (tertiary/aromatic N) is 1. The second-order valence-corrected chi connectivity index (χ2v) is 1.97. The molecule has 0 aromatic heterocycles. The SMILES string of the molecule is COC(=O)N(C)NC(=O)C(F)(F)F. The summed E-state index contributed by atoms with van der Waals surface area (Å²) in [5, 5.41) is 0.288. The number of hydrogen-bond donors (Lipinski definition) is 1. The number of hydrogen-bond acceptors (Lipinski definition) is 3. The van der Waals surface area contributed by atoms with Crippen LogP contribution in [0.15, 0.2) is 0 Å². The van der Waals surface area contributed by atoms with Gasteiger partial charge in [0.1, 0.15) is 0 Å². The molecular weight excluding hydrogens is 193 g/mol. The number of methoxy groups -OCH3 is 1. The highest BCUT2D eigenvalue weighted by atomic mass is 19.4. The summed E-state index contributed by atoms with van der Waals surface area (Å²) in [5.74, 6) is -2.24. The number of hydrazine groups is 1. The van der Waals surface area contributed by atoms with Gasteiger partial charge in [-0.05, 0) is 0 Å². The summed E-state index contributed by atoms with van der Waals surface area (Å²) < 4.78 is 38.8. The Hall–Kier alpha value is -1.47. The monoisotopic (exact) mass is 200 g/mol. The molecule has 76 valence electrons. The lowest BCUT2D eigenvalue weighted by Gasteiger charge is -2.17. The van der Waals surface area contributed by atoms with Crippen molar-refractivity contribution < 1.29 is 27.5 Å². The molecule has 0 aliphatic carbocycles. The fraction of sp³-hybridized carbons (Fsp3) is 0.600. The van der Waals surface area contributed by atoms with E-state index in [1.54, 1.807) is 0 Å². The van der Waals surface area contributed by atoms with Crippen LogP contribution in [0.2, 0.25) is 0 Å². The lowest BCUT2D eigenvalue weighted by Crippen LogP contribution is -2.48. The Kier molecular flexibility index (Phi) is 3.52. The summed E-state index contributed by atoms with van der Waals surface area (Å²) in [6, 6.07) is 0. The van der Waals surface area contributed by atoms with Crippen LogP contribution >= 0.6 is 0 Å². The molecular formula is C5H7F3N2O3. The van der Waals surface area contributed by atoms with Gasteiger partial charge in [-0.2, -0.15) is 13.2 Å². The van der Waals surface area contributed by atoms with Crippen LogP contribution in [0.3, 0.4) is 0 Å². The molecule has 0 atom stereocenters. The van der Waals surface area contributed by atoms with Crippen molar-refractivity contribution in [1.29, 1.82) is 0 Å². The van der Waals surface area contributed by atoms with Crippen LogP contribution in [0.1, 0.15) is 0 Å². The number of amides is 2. The van der Waals surface area contributed by atoms with Crippen LogP contribution < -0.4 is 5.43 Å².